The molecule has 0 fully saturated rings. The van der Waals surface area contributed by atoms with Gasteiger partial charge in [-0.05, 0) is 59.2 Å². The Balaban J connectivity index is 1.43. The van der Waals surface area contributed by atoms with E-state index in [-0.39, 0.29) is 12.3 Å². The first-order valence-corrected chi connectivity index (χ1v) is 13.5. The van der Waals surface area contributed by atoms with Crippen molar-refractivity contribution >= 4 is 31.8 Å². The van der Waals surface area contributed by atoms with Gasteiger partial charge in [0.05, 0.1) is 35.6 Å². The maximum absolute atomic E-state index is 14.5. The summed E-state index contributed by atoms with van der Waals surface area (Å²) in [7, 11) is -3.42. The molecule has 6 aromatic rings. The fourth-order valence-corrected chi connectivity index (χ4v) is 4.93. The van der Waals surface area contributed by atoms with Gasteiger partial charge in [-0.2, -0.15) is 5.10 Å². The number of nitrogens with one attached hydrogen (secondary N) is 3. The third-order valence-corrected chi connectivity index (χ3v) is 6.86. The number of H-pyrrole nitrogens is 2. The summed E-state index contributed by atoms with van der Waals surface area (Å²) in [6, 6.07) is 15.6. The van der Waals surface area contributed by atoms with E-state index in [0.29, 0.717) is 28.1 Å². The van der Waals surface area contributed by atoms with Crippen LogP contribution in [0.5, 0.6) is 5.75 Å². The number of aromatic hydroxyl groups is 1. The summed E-state index contributed by atoms with van der Waals surface area (Å²) in [6.45, 7) is -0.0116. The van der Waals surface area contributed by atoms with Gasteiger partial charge in [-0.1, -0.05) is 12.1 Å². The minimum atomic E-state index is -3.42. The molecule has 38 heavy (non-hydrogen) atoms. The molecule has 0 spiro atoms. The van der Waals surface area contributed by atoms with Gasteiger partial charge in [0.15, 0.2) is 0 Å². The van der Waals surface area contributed by atoms with Crippen LogP contribution in [0.25, 0.3) is 55.6 Å². The van der Waals surface area contributed by atoms with Crippen molar-refractivity contribution < 1.29 is 17.9 Å². The van der Waals surface area contributed by atoms with Crippen LogP contribution in [-0.4, -0.2) is 44.9 Å². The van der Waals surface area contributed by atoms with Crippen LogP contribution >= 0.6 is 0 Å². The maximum Gasteiger partial charge on any atom is 0.209 e. The van der Waals surface area contributed by atoms with Crippen LogP contribution in [0.3, 0.4) is 0 Å². The monoisotopic (exact) mass is 528 g/mol. The van der Waals surface area contributed by atoms with Gasteiger partial charge in [0.2, 0.25) is 10.0 Å². The lowest BCUT2D eigenvalue weighted by molar-refractivity contribution is 0.473. The summed E-state index contributed by atoms with van der Waals surface area (Å²) >= 11 is 0. The molecular weight excluding hydrogens is 507 g/mol. The average Bonchev–Trinajstić information content (AvgIpc) is 3.50. The number of pyridine rings is 2. The number of fused-ring (bicyclic) bond motifs is 2. The highest BCUT2D eigenvalue weighted by Gasteiger charge is 2.16. The van der Waals surface area contributed by atoms with Gasteiger partial charge in [-0.15, -0.1) is 0 Å². The molecule has 0 aliphatic carbocycles. The number of benzene rings is 2. The van der Waals surface area contributed by atoms with E-state index in [4.69, 9.17) is 0 Å². The number of halogens is 1. The van der Waals surface area contributed by atoms with Crippen LogP contribution in [0.1, 0.15) is 5.56 Å². The molecule has 4 heterocycles. The average molecular weight is 529 g/mol. The fourth-order valence-electron chi connectivity index (χ4n) is 4.50. The topological polar surface area (TPSA) is 137 Å². The number of rotatable bonds is 6. The molecule has 4 N–H and O–H groups in total. The normalized spacial score (nSPS) is 11.9. The standard InChI is InChI=1S/C27H21FN6O3S/c1-38(36,37)31-11-15-5-16(7-18(28)6-15)20-3-2-4-23-21(20)9-25(32-23)27-22-10-24(30-14-26(22)33-34-27)17-8-19(35)13-29-12-17/h2-10,12-14,31-32,35H,11H2,1H3,(H,33,34). The Morgan fingerprint density at radius 3 is 2.66 bits per heavy atom. The highest BCUT2D eigenvalue weighted by Crippen LogP contribution is 2.35. The van der Waals surface area contributed by atoms with Crippen molar-refractivity contribution in [1.82, 2.24) is 29.9 Å². The summed E-state index contributed by atoms with van der Waals surface area (Å²) in [6.07, 6.45) is 5.73. The van der Waals surface area contributed by atoms with Gasteiger partial charge in [-0.3, -0.25) is 15.1 Å². The highest BCUT2D eigenvalue weighted by molar-refractivity contribution is 7.88. The van der Waals surface area contributed by atoms with Crippen LogP contribution in [-0.2, 0) is 16.6 Å². The molecule has 0 radical (unpaired) electrons. The molecule has 11 heteroatoms. The smallest absolute Gasteiger partial charge is 0.209 e. The lowest BCUT2D eigenvalue weighted by atomic mass is 9.99. The van der Waals surface area contributed by atoms with Gasteiger partial charge in [0.25, 0.3) is 0 Å². The minimum absolute atomic E-state index is 0.0116. The van der Waals surface area contributed by atoms with Crippen LogP contribution in [0.2, 0.25) is 0 Å². The molecule has 0 aliphatic rings. The molecule has 6 rings (SSSR count). The van der Waals surface area contributed by atoms with Gasteiger partial charge < -0.3 is 10.1 Å². The maximum atomic E-state index is 14.5. The Labute approximate surface area is 216 Å². The molecule has 4 aromatic heterocycles. The van der Waals surface area contributed by atoms with Crippen LogP contribution < -0.4 is 4.72 Å². The Morgan fingerprint density at radius 2 is 1.84 bits per heavy atom. The number of nitrogens with zero attached hydrogens (tertiary/aromatic N) is 3. The van der Waals surface area contributed by atoms with E-state index in [1.165, 1.54) is 18.3 Å². The Hall–Kier alpha value is -4.61. The van der Waals surface area contributed by atoms with Gasteiger partial charge >= 0.3 is 0 Å². The summed E-state index contributed by atoms with van der Waals surface area (Å²) in [4.78, 5) is 11.9. The van der Waals surface area contributed by atoms with Crippen molar-refractivity contribution in [2.24, 2.45) is 0 Å². The number of aromatic nitrogens is 5. The molecule has 0 atom stereocenters. The summed E-state index contributed by atoms with van der Waals surface area (Å²) in [5, 5.41) is 19.0. The van der Waals surface area contributed by atoms with Crippen molar-refractivity contribution in [1.29, 1.82) is 0 Å². The molecule has 2 aromatic carbocycles. The van der Waals surface area contributed by atoms with Crippen LogP contribution in [0, 0.1) is 5.82 Å². The third-order valence-electron chi connectivity index (χ3n) is 6.19. The summed E-state index contributed by atoms with van der Waals surface area (Å²) in [5.74, 6) is -0.409. The largest absolute Gasteiger partial charge is 0.506 e. The van der Waals surface area contributed by atoms with Crippen LogP contribution in [0.4, 0.5) is 4.39 Å². The number of sulfonamides is 1. The third kappa shape index (κ3) is 4.60. The van der Waals surface area contributed by atoms with E-state index in [2.05, 4.69) is 29.9 Å². The number of aromatic amines is 2. The molecule has 0 bridgehead atoms. The Bertz CT molecular complexity index is 1950. The number of hydrogen-bond acceptors (Lipinski definition) is 6. The Morgan fingerprint density at radius 1 is 0.974 bits per heavy atom. The zero-order chi connectivity index (χ0) is 26.4. The molecule has 0 saturated carbocycles. The minimum Gasteiger partial charge on any atom is -0.506 e. The molecule has 190 valence electrons. The summed E-state index contributed by atoms with van der Waals surface area (Å²) < 4.78 is 39.9. The number of hydrogen-bond donors (Lipinski definition) is 4. The lowest BCUT2D eigenvalue weighted by Gasteiger charge is -2.08. The quantitative estimate of drug-likeness (QED) is 0.247. The van der Waals surface area contributed by atoms with E-state index in [1.54, 1.807) is 24.5 Å². The Kier molecular flexibility index (Phi) is 5.66. The van der Waals surface area contributed by atoms with Crippen molar-refractivity contribution in [2.45, 2.75) is 6.54 Å². The van der Waals surface area contributed by atoms with Crippen molar-refractivity contribution in [2.75, 3.05) is 6.26 Å². The first-order valence-electron chi connectivity index (χ1n) is 11.6. The lowest BCUT2D eigenvalue weighted by Crippen LogP contribution is -2.21. The molecule has 0 aliphatic heterocycles. The molecule has 0 unspecified atom stereocenters. The van der Waals surface area contributed by atoms with Crippen molar-refractivity contribution in [3.05, 3.63) is 84.6 Å². The van der Waals surface area contributed by atoms with Gasteiger partial charge in [0, 0.05) is 34.6 Å². The van der Waals surface area contributed by atoms with E-state index in [0.717, 1.165) is 39.3 Å². The molecule has 9 nitrogen and oxygen atoms in total. The second-order valence-corrected chi connectivity index (χ2v) is 10.8. The van der Waals surface area contributed by atoms with Gasteiger partial charge in [-0.25, -0.2) is 17.5 Å². The predicted octanol–water partition coefficient (Wildman–Crippen LogP) is 4.73. The van der Waals surface area contributed by atoms with Gasteiger partial charge in [0.1, 0.15) is 17.3 Å². The zero-order valence-corrected chi connectivity index (χ0v) is 20.8. The van der Waals surface area contributed by atoms with E-state index in [1.807, 2.05) is 30.3 Å². The van der Waals surface area contributed by atoms with Crippen molar-refractivity contribution in [3.8, 4) is 39.5 Å². The van der Waals surface area contributed by atoms with E-state index in [9.17, 15) is 17.9 Å². The summed E-state index contributed by atoms with van der Waals surface area (Å²) in [5.41, 5.74) is 6.23. The van der Waals surface area contributed by atoms with Crippen LogP contribution in [0.15, 0.2) is 73.2 Å². The second kappa shape index (κ2) is 9.05. The first kappa shape index (κ1) is 23.8. The SMILES string of the molecule is CS(=O)(=O)NCc1cc(F)cc(-c2cccc3[nH]c(-c4n[nH]c5cnc(-c6cncc(O)c6)cc45)cc23)c1. The highest BCUT2D eigenvalue weighted by atomic mass is 32.2. The molecule has 0 saturated heterocycles. The molecular formula is C27H21FN6O3S. The first-order chi connectivity index (χ1) is 18.2. The van der Waals surface area contributed by atoms with E-state index < -0.39 is 15.8 Å². The fraction of sp³-hybridized carbons (Fsp3) is 0.0741. The zero-order valence-electron chi connectivity index (χ0n) is 20.0. The van der Waals surface area contributed by atoms with E-state index >= 15 is 0 Å². The second-order valence-electron chi connectivity index (χ2n) is 9.01. The van der Waals surface area contributed by atoms with Crippen molar-refractivity contribution in [3.63, 3.8) is 0 Å². The molecule has 0 amide bonds. The predicted molar refractivity (Wildman–Crippen MR) is 143 cm³/mol.